The maximum absolute atomic E-state index is 13.5. The van der Waals surface area contributed by atoms with Crippen molar-refractivity contribution < 1.29 is 24.5 Å². The Morgan fingerprint density at radius 3 is 2.16 bits per heavy atom. The van der Waals surface area contributed by atoms with Crippen LogP contribution in [0, 0.1) is 0 Å². The lowest BCUT2D eigenvalue weighted by Crippen LogP contribution is -2.09. The van der Waals surface area contributed by atoms with Gasteiger partial charge in [-0.1, -0.05) is 23.3 Å². The van der Waals surface area contributed by atoms with Gasteiger partial charge in [-0.2, -0.15) is 0 Å². The number of allylic oxidation sites excluding steroid dienone is 4. The molecule has 0 aliphatic carbocycles. The summed E-state index contributed by atoms with van der Waals surface area (Å²) in [5.74, 6) is -0.117. The van der Waals surface area contributed by atoms with Gasteiger partial charge in [0.25, 0.3) is 0 Å². The Balaban J connectivity index is 2.42. The van der Waals surface area contributed by atoms with Gasteiger partial charge in [-0.25, -0.2) is 0 Å². The molecular weight excluding hydrogens is 408 g/mol. The fraction of sp³-hybridized carbons (Fsp3) is 0.269. The molecule has 32 heavy (non-hydrogen) atoms. The Bertz CT molecular complexity index is 1290. The summed E-state index contributed by atoms with van der Waals surface area (Å²) < 4.78 is 11.5. The summed E-state index contributed by atoms with van der Waals surface area (Å²) >= 11 is 0. The molecular formula is C26H28O6. The summed E-state index contributed by atoms with van der Waals surface area (Å²) in [6.07, 6.45) is 6.04. The third kappa shape index (κ3) is 4.35. The summed E-state index contributed by atoms with van der Waals surface area (Å²) in [6, 6.07) is 3.94. The van der Waals surface area contributed by atoms with Crippen LogP contribution in [0.5, 0.6) is 23.0 Å². The van der Waals surface area contributed by atoms with Gasteiger partial charge in [0.15, 0.2) is 0 Å². The van der Waals surface area contributed by atoms with Gasteiger partial charge in [0.2, 0.25) is 5.43 Å². The third-order valence-electron chi connectivity index (χ3n) is 5.24. The van der Waals surface area contributed by atoms with Crippen LogP contribution in [0.25, 0.3) is 22.1 Å². The Morgan fingerprint density at radius 1 is 0.969 bits per heavy atom. The highest BCUT2D eigenvalue weighted by Crippen LogP contribution is 2.41. The van der Waals surface area contributed by atoms with Crippen molar-refractivity contribution >= 4 is 11.0 Å². The van der Waals surface area contributed by atoms with Gasteiger partial charge in [0.1, 0.15) is 40.2 Å². The number of ether oxygens (including phenoxy) is 1. The van der Waals surface area contributed by atoms with Gasteiger partial charge in [-0.05, 0) is 52.7 Å². The van der Waals surface area contributed by atoms with Crippen LogP contribution in [0.3, 0.4) is 0 Å². The summed E-state index contributed by atoms with van der Waals surface area (Å²) in [7, 11) is 1.53. The topological polar surface area (TPSA) is 100 Å². The second-order valence-electron chi connectivity index (χ2n) is 8.19. The molecule has 0 saturated heterocycles. The van der Waals surface area contributed by atoms with E-state index in [-0.39, 0.29) is 39.3 Å². The largest absolute Gasteiger partial charge is 0.508 e. The Kier molecular flexibility index (Phi) is 6.63. The van der Waals surface area contributed by atoms with Gasteiger partial charge in [0.05, 0.1) is 12.7 Å². The summed E-state index contributed by atoms with van der Waals surface area (Å²) in [5.41, 5.74) is 3.35. The fourth-order valence-corrected chi connectivity index (χ4v) is 3.62. The van der Waals surface area contributed by atoms with E-state index in [9.17, 15) is 20.1 Å². The number of methoxy groups -OCH3 is 1. The van der Waals surface area contributed by atoms with Crippen molar-refractivity contribution in [3.05, 3.63) is 69.1 Å². The molecule has 0 bridgehead atoms. The standard InChI is InChI=1S/C26H28O6/c1-14(2)6-9-18-23(29)22-24(30)20(17-11-8-16(27)12-21(17)28)13-32-26(22)19(25(18)31-5)10-7-15(3)4/h6-8,11-13,27-29H,9-10H2,1-5H3. The van der Waals surface area contributed by atoms with Gasteiger partial charge >= 0.3 is 0 Å². The number of benzene rings is 2. The molecule has 3 aromatic rings. The molecule has 0 fully saturated rings. The SMILES string of the molecule is COc1c(CC=C(C)C)c(O)c2c(=O)c(-c3ccc(O)cc3O)coc2c1CC=C(C)C. The second kappa shape index (κ2) is 9.22. The zero-order valence-corrected chi connectivity index (χ0v) is 18.9. The maximum Gasteiger partial charge on any atom is 0.204 e. The van der Waals surface area contributed by atoms with E-state index in [1.165, 1.54) is 25.5 Å². The van der Waals surface area contributed by atoms with Crippen molar-refractivity contribution in [2.24, 2.45) is 0 Å². The Labute approximate surface area is 186 Å². The molecule has 6 heteroatoms. The van der Waals surface area contributed by atoms with Gasteiger partial charge < -0.3 is 24.5 Å². The average Bonchev–Trinajstić information content (AvgIpc) is 2.72. The molecule has 0 aliphatic heterocycles. The molecule has 0 unspecified atom stereocenters. The predicted octanol–water partition coefficient (Wildman–Crippen LogP) is 5.60. The van der Waals surface area contributed by atoms with E-state index in [1.54, 1.807) is 0 Å². The predicted molar refractivity (Wildman–Crippen MR) is 126 cm³/mol. The zero-order chi connectivity index (χ0) is 23.6. The molecule has 0 saturated carbocycles. The normalized spacial score (nSPS) is 10.8. The van der Waals surface area contributed by atoms with E-state index in [1.807, 2.05) is 39.8 Å². The highest BCUT2D eigenvalue weighted by Gasteiger charge is 2.24. The number of phenols is 3. The lowest BCUT2D eigenvalue weighted by molar-refractivity contribution is 0.397. The van der Waals surface area contributed by atoms with Crippen molar-refractivity contribution in [2.45, 2.75) is 40.5 Å². The molecule has 1 aromatic heterocycles. The van der Waals surface area contributed by atoms with E-state index >= 15 is 0 Å². The number of hydrogen-bond donors (Lipinski definition) is 3. The second-order valence-corrected chi connectivity index (χ2v) is 8.19. The first-order chi connectivity index (χ1) is 15.1. The molecule has 0 radical (unpaired) electrons. The molecule has 6 nitrogen and oxygen atoms in total. The highest BCUT2D eigenvalue weighted by atomic mass is 16.5. The van der Waals surface area contributed by atoms with Gasteiger partial charge in [-0.15, -0.1) is 0 Å². The lowest BCUT2D eigenvalue weighted by atomic mass is 9.95. The van der Waals surface area contributed by atoms with E-state index in [0.29, 0.717) is 29.7 Å². The Hall–Kier alpha value is -3.67. The Morgan fingerprint density at radius 2 is 1.59 bits per heavy atom. The number of hydrogen-bond acceptors (Lipinski definition) is 6. The van der Waals surface area contributed by atoms with Crippen molar-refractivity contribution in [3.8, 4) is 34.1 Å². The van der Waals surface area contributed by atoms with Crippen LogP contribution in [-0.2, 0) is 12.8 Å². The molecule has 2 aromatic carbocycles. The van der Waals surface area contributed by atoms with Crippen molar-refractivity contribution in [1.82, 2.24) is 0 Å². The summed E-state index contributed by atoms with van der Waals surface area (Å²) in [6.45, 7) is 7.85. The molecule has 168 valence electrons. The number of aromatic hydroxyl groups is 3. The minimum absolute atomic E-state index is 0.0325. The number of fused-ring (bicyclic) bond motifs is 1. The van der Waals surface area contributed by atoms with Crippen LogP contribution in [0.1, 0.15) is 38.8 Å². The van der Waals surface area contributed by atoms with E-state index in [4.69, 9.17) is 9.15 Å². The molecule has 1 heterocycles. The number of rotatable bonds is 6. The summed E-state index contributed by atoms with van der Waals surface area (Å²) in [4.78, 5) is 13.5. The fourth-order valence-electron chi connectivity index (χ4n) is 3.62. The molecule has 3 rings (SSSR count). The van der Waals surface area contributed by atoms with Crippen LogP contribution in [0.15, 0.2) is 57.0 Å². The van der Waals surface area contributed by atoms with Crippen LogP contribution >= 0.6 is 0 Å². The summed E-state index contributed by atoms with van der Waals surface area (Å²) in [5, 5.41) is 31.0. The van der Waals surface area contributed by atoms with Crippen LogP contribution in [0.2, 0.25) is 0 Å². The monoisotopic (exact) mass is 436 g/mol. The van der Waals surface area contributed by atoms with Crippen LogP contribution < -0.4 is 10.2 Å². The molecule has 3 N–H and O–H groups in total. The first kappa shape index (κ1) is 23.0. The first-order valence-electron chi connectivity index (χ1n) is 10.3. The van der Waals surface area contributed by atoms with Crippen LogP contribution in [0.4, 0.5) is 0 Å². The van der Waals surface area contributed by atoms with Gasteiger partial charge in [0, 0.05) is 22.8 Å². The van der Waals surface area contributed by atoms with Crippen molar-refractivity contribution in [3.63, 3.8) is 0 Å². The van der Waals surface area contributed by atoms with E-state index in [0.717, 1.165) is 17.2 Å². The minimum atomic E-state index is -0.482. The first-order valence-corrected chi connectivity index (χ1v) is 10.3. The molecule has 0 atom stereocenters. The highest BCUT2D eigenvalue weighted by molar-refractivity contribution is 5.93. The van der Waals surface area contributed by atoms with Crippen LogP contribution in [-0.4, -0.2) is 22.4 Å². The van der Waals surface area contributed by atoms with E-state index in [2.05, 4.69) is 0 Å². The zero-order valence-electron chi connectivity index (χ0n) is 18.9. The molecule has 0 amide bonds. The van der Waals surface area contributed by atoms with E-state index < -0.39 is 5.43 Å². The maximum atomic E-state index is 13.5. The quantitative estimate of drug-likeness (QED) is 0.435. The average molecular weight is 437 g/mol. The third-order valence-corrected chi connectivity index (χ3v) is 5.24. The van der Waals surface area contributed by atoms with Gasteiger partial charge in [-0.3, -0.25) is 4.79 Å². The smallest absolute Gasteiger partial charge is 0.204 e. The molecule has 0 spiro atoms. The van der Waals surface area contributed by atoms with Crippen molar-refractivity contribution in [2.75, 3.05) is 7.11 Å². The lowest BCUT2D eigenvalue weighted by Gasteiger charge is -2.17. The number of phenolic OH excluding ortho intramolecular Hbond substituents is 3. The molecule has 0 aliphatic rings. The van der Waals surface area contributed by atoms with Crippen molar-refractivity contribution in [1.29, 1.82) is 0 Å². The minimum Gasteiger partial charge on any atom is -0.508 e.